The van der Waals surface area contributed by atoms with Crippen LogP contribution in [0.2, 0.25) is 0 Å². The first-order valence-electron chi connectivity index (χ1n) is 12.3. The second-order valence-electron chi connectivity index (χ2n) is 9.81. The minimum absolute atomic E-state index is 0.0310. The molecule has 2 nitrogen and oxygen atoms in total. The Bertz CT molecular complexity index is 941. The molecule has 0 saturated heterocycles. The first kappa shape index (κ1) is 22.1. The number of benzene rings is 2. The molecule has 2 N–H and O–H groups in total. The lowest BCUT2D eigenvalue weighted by Crippen LogP contribution is -2.40. The Balaban J connectivity index is 0.000000535. The number of allylic oxidation sites excluding steroid dienone is 1. The van der Waals surface area contributed by atoms with Crippen molar-refractivity contribution < 1.29 is 10.2 Å². The van der Waals surface area contributed by atoms with E-state index < -0.39 is 0 Å². The van der Waals surface area contributed by atoms with Crippen molar-refractivity contribution in [2.24, 2.45) is 5.92 Å². The molecule has 31 heavy (non-hydrogen) atoms. The van der Waals surface area contributed by atoms with Gasteiger partial charge in [0.25, 0.3) is 0 Å². The van der Waals surface area contributed by atoms with E-state index in [-0.39, 0.29) is 11.5 Å². The predicted octanol–water partition coefficient (Wildman–Crippen LogP) is 6.80. The van der Waals surface area contributed by atoms with E-state index in [2.05, 4.69) is 57.2 Å². The fraction of sp³-hybridized carbons (Fsp3) is 0.517. The Labute approximate surface area is 188 Å². The Morgan fingerprint density at radius 2 is 1.74 bits per heavy atom. The number of hydrogen-bond acceptors (Lipinski definition) is 2. The van der Waals surface area contributed by atoms with E-state index in [1.165, 1.54) is 36.0 Å². The van der Waals surface area contributed by atoms with Crippen molar-refractivity contribution >= 4 is 0 Å². The molecule has 2 heteroatoms. The molecule has 0 aromatic heterocycles. The Kier molecular flexibility index (Phi) is 6.57. The maximum absolute atomic E-state index is 10.3. The molecule has 0 spiro atoms. The average molecular weight is 419 g/mol. The summed E-state index contributed by atoms with van der Waals surface area (Å²) in [6.45, 7) is 6.42. The van der Waals surface area contributed by atoms with Crippen LogP contribution in [-0.2, 0) is 18.3 Å². The van der Waals surface area contributed by atoms with Gasteiger partial charge in [-0.1, -0.05) is 74.2 Å². The van der Waals surface area contributed by atoms with Crippen LogP contribution in [0.3, 0.4) is 0 Å². The van der Waals surface area contributed by atoms with Crippen LogP contribution in [0.15, 0.2) is 53.6 Å². The van der Waals surface area contributed by atoms with Crippen LogP contribution in [0.1, 0.15) is 81.0 Å². The van der Waals surface area contributed by atoms with Crippen molar-refractivity contribution in [2.45, 2.75) is 90.1 Å². The Morgan fingerprint density at radius 3 is 2.45 bits per heavy atom. The molecule has 3 atom stereocenters. The van der Waals surface area contributed by atoms with Crippen molar-refractivity contribution in [1.82, 2.24) is 0 Å². The third-order valence-electron chi connectivity index (χ3n) is 7.95. The molecule has 1 fully saturated rings. The molecule has 0 bridgehead atoms. The van der Waals surface area contributed by atoms with Crippen LogP contribution in [0, 0.1) is 12.8 Å². The number of fused-ring (bicyclic) bond motifs is 4. The molecule has 3 aliphatic carbocycles. The second-order valence-corrected chi connectivity index (χ2v) is 9.81. The Hall–Kier alpha value is -2.06. The minimum Gasteiger partial charge on any atom is -0.508 e. The summed E-state index contributed by atoms with van der Waals surface area (Å²) in [5.41, 5.74) is 8.41. The fourth-order valence-corrected chi connectivity index (χ4v) is 6.21. The summed E-state index contributed by atoms with van der Waals surface area (Å²) in [6, 6.07) is 14.9. The van der Waals surface area contributed by atoms with Gasteiger partial charge in [0.1, 0.15) is 5.75 Å². The number of aliphatic hydroxyl groups excluding tert-OH is 1. The lowest BCUT2D eigenvalue weighted by Gasteiger charge is -2.47. The molecule has 3 unspecified atom stereocenters. The van der Waals surface area contributed by atoms with E-state index in [1.807, 2.05) is 6.07 Å². The van der Waals surface area contributed by atoms with E-state index in [0.29, 0.717) is 11.7 Å². The van der Waals surface area contributed by atoms with Crippen LogP contribution >= 0.6 is 0 Å². The third kappa shape index (κ3) is 4.07. The molecule has 3 aliphatic rings. The maximum atomic E-state index is 10.3. The largest absolute Gasteiger partial charge is 0.508 e. The molecule has 1 saturated carbocycles. The van der Waals surface area contributed by atoms with Gasteiger partial charge in [0.15, 0.2) is 0 Å². The zero-order chi connectivity index (χ0) is 22.0. The number of aliphatic hydroxyl groups is 1. The van der Waals surface area contributed by atoms with Crippen LogP contribution in [-0.4, -0.2) is 16.3 Å². The van der Waals surface area contributed by atoms with Gasteiger partial charge in [-0.25, -0.2) is 0 Å². The van der Waals surface area contributed by atoms with Crippen LogP contribution in [0.25, 0.3) is 0 Å². The zero-order valence-electron chi connectivity index (χ0n) is 19.5. The molecular weight excluding hydrogens is 380 g/mol. The molecule has 2 aromatic carbocycles. The highest BCUT2D eigenvalue weighted by molar-refractivity contribution is 5.56. The number of phenols is 1. The van der Waals surface area contributed by atoms with Crippen molar-refractivity contribution in [3.8, 4) is 5.75 Å². The number of hydrogen-bond donors (Lipinski definition) is 2. The predicted molar refractivity (Wildman–Crippen MR) is 129 cm³/mol. The summed E-state index contributed by atoms with van der Waals surface area (Å²) in [7, 11) is 0. The standard InChI is InChI=1S/C25H28O2.C4H10/c1-16-20-7-8-23-21-14-19(26)13-18(21)11-12-25(23,22(20)9-10-24(16)27)15-17-5-3-2-4-6-17;1-3-4-2/h2-6,9-10,18-19,26-27H,7-8,11-15H2,1H3;3-4H2,1-2H3. The fourth-order valence-electron chi connectivity index (χ4n) is 6.21. The lowest BCUT2D eigenvalue weighted by molar-refractivity contribution is 0.177. The van der Waals surface area contributed by atoms with Gasteiger partial charge in [0.2, 0.25) is 0 Å². The zero-order valence-corrected chi connectivity index (χ0v) is 19.5. The number of phenolic OH excluding ortho intramolecular Hbond substituents is 1. The monoisotopic (exact) mass is 418 g/mol. The highest BCUT2D eigenvalue weighted by atomic mass is 16.3. The number of rotatable bonds is 3. The minimum atomic E-state index is -0.159. The Morgan fingerprint density at radius 1 is 1.00 bits per heavy atom. The van der Waals surface area contributed by atoms with E-state index in [0.717, 1.165) is 44.1 Å². The number of unbranched alkanes of at least 4 members (excludes halogenated alkanes) is 1. The van der Waals surface area contributed by atoms with Gasteiger partial charge in [-0.15, -0.1) is 0 Å². The third-order valence-corrected chi connectivity index (χ3v) is 7.95. The highest BCUT2D eigenvalue weighted by Crippen LogP contribution is 2.56. The van der Waals surface area contributed by atoms with Crippen molar-refractivity contribution in [3.63, 3.8) is 0 Å². The van der Waals surface area contributed by atoms with Gasteiger partial charge >= 0.3 is 0 Å². The maximum Gasteiger partial charge on any atom is 0.118 e. The van der Waals surface area contributed by atoms with Crippen LogP contribution in [0.5, 0.6) is 5.75 Å². The second kappa shape index (κ2) is 9.20. The summed E-state index contributed by atoms with van der Waals surface area (Å²) >= 11 is 0. The molecule has 0 aliphatic heterocycles. The lowest BCUT2D eigenvalue weighted by atomic mass is 9.56. The van der Waals surface area contributed by atoms with E-state index in [1.54, 1.807) is 11.1 Å². The molecule has 166 valence electrons. The first-order valence-corrected chi connectivity index (χ1v) is 12.3. The normalized spacial score (nSPS) is 26.5. The summed E-state index contributed by atoms with van der Waals surface area (Å²) in [6.07, 6.45) is 9.71. The van der Waals surface area contributed by atoms with E-state index in [4.69, 9.17) is 0 Å². The van der Waals surface area contributed by atoms with E-state index in [9.17, 15) is 10.2 Å². The first-order chi connectivity index (χ1) is 15.0. The molecule has 0 heterocycles. The van der Waals surface area contributed by atoms with Gasteiger partial charge < -0.3 is 10.2 Å². The summed E-state index contributed by atoms with van der Waals surface area (Å²) in [5, 5.41) is 20.6. The van der Waals surface area contributed by atoms with Crippen LogP contribution < -0.4 is 0 Å². The number of aromatic hydroxyl groups is 1. The summed E-state index contributed by atoms with van der Waals surface area (Å²) in [4.78, 5) is 0. The van der Waals surface area contributed by atoms with Crippen molar-refractivity contribution in [2.75, 3.05) is 0 Å². The average Bonchev–Trinajstić information content (AvgIpc) is 3.17. The molecule has 0 radical (unpaired) electrons. The molecule has 5 rings (SSSR count). The SMILES string of the molecule is CCCC.Cc1c(O)ccc2c1CCC1=C3CC(O)CC3CCC12Cc1ccccc1. The highest BCUT2D eigenvalue weighted by Gasteiger charge is 2.48. The molecule has 0 amide bonds. The molecular formula is C29H38O2. The van der Waals surface area contributed by atoms with Gasteiger partial charge in [0.05, 0.1) is 6.10 Å². The van der Waals surface area contributed by atoms with Gasteiger partial charge in [-0.3, -0.25) is 0 Å². The summed E-state index contributed by atoms with van der Waals surface area (Å²) in [5.74, 6) is 1.00. The molecule has 2 aromatic rings. The van der Waals surface area contributed by atoms with Gasteiger partial charge in [0, 0.05) is 5.41 Å². The van der Waals surface area contributed by atoms with Crippen molar-refractivity contribution in [1.29, 1.82) is 0 Å². The summed E-state index contributed by atoms with van der Waals surface area (Å²) < 4.78 is 0. The van der Waals surface area contributed by atoms with Crippen molar-refractivity contribution in [3.05, 3.63) is 75.9 Å². The van der Waals surface area contributed by atoms with E-state index >= 15 is 0 Å². The topological polar surface area (TPSA) is 40.5 Å². The van der Waals surface area contributed by atoms with Gasteiger partial charge in [-0.2, -0.15) is 0 Å². The quantitative estimate of drug-likeness (QED) is 0.538. The van der Waals surface area contributed by atoms with Crippen LogP contribution in [0.4, 0.5) is 0 Å². The smallest absolute Gasteiger partial charge is 0.118 e. The van der Waals surface area contributed by atoms with Gasteiger partial charge in [-0.05, 0) is 86.1 Å².